The summed E-state index contributed by atoms with van der Waals surface area (Å²) in [6, 6.07) is 13.1. The minimum absolute atomic E-state index is 0.355. The minimum Gasteiger partial charge on any atom is -0.389 e. The van der Waals surface area contributed by atoms with Crippen LogP contribution >= 0.6 is 0 Å². The molecule has 0 aliphatic heterocycles. The van der Waals surface area contributed by atoms with Crippen LogP contribution in [-0.2, 0) is 0 Å². The van der Waals surface area contributed by atoms with Gasteiger partial charge in [-0.05, 0) is 45.0 Å². The van der Waals surface area contributed by atoms with Gasteiger partial charge in [-0.15, -0.1) is 0 Å². The van der Waals surface area contributed by atoms with Crippen molar-refractivity contribution in [2.24, 2.45) is 0 Å². The molecule has 7 heteroatoms. The third-order valence-electron chi connectivity index (χ3n) is 3.47. The molecular weight excluding hydrogens is 328 g/mol. The van der Waals surface area contributed by atoms with Crippen molar-refractivity contribution in [3.8, 4) is 11.5 Å². The van der Waals surface area contributed by atoms with Crippen LogP contribution in [0.3, 0.4) is 0 Å². The van der Waals surface area contributed by atoms with Gasteiger partial charge in [-0.25, -0.2) is 19.9 Å². The van der Waals surface area contributed by atoms with E-state index in [4.69, 9.17) is 0 Å². The van der Waals surface area contributed by atoms with E-state index in [2.05, 4.69) is 30.6 Å². The molecule has 0 saturated carbocycles. The fraction of sp³-hybridized carbons (Fsp3) is 0.263. The third-order valence-corrected chi connectivity index (χ3v) is 3.47. The highest BCUT2D eigenvalue weighted by molar-refractivity contribution is 5.62. The van der Waals surface area contributed by atoms with E-state index in [1.807, 2.05) is 43.3 Å². The lowest BCUT2D eigenvalue weighted by atomic mass is 10.1. The highest BCUT2D eigenvalue weighted by Crippen LogP contribution is 2.21. The van der Waals surface area contributed by atoms with Crippen LogP contribution in [0.25, 0.3) is 11.5 Å². The third kappa shape index (κ3) is 4.97. The van der Waals surface area contributed by atoms with Crippen molar-refractivity contribution in [3.05, 3.63) is 54.4 Å². The van der Waals surface area contributed by atoms with E-state index in [0.29, 0.717) is 35.5 Å². The van der Waals surface area contributed by atoms with Crippen LogP contribution in [0.1, 0.15) is 19.5 Å². The van der Waals surface area contributed by atoms with E-state index in [1.165, 1.54) is 0 Å². The van der Waals surface area contributed by atoms with Crippen molar-refractivity contribution in [3.63, 3.8) is 0 Å². The maximum absolute atomic E-state index is 9.96. The van der Waals surface area contributed by atoms with Gasteiger partial charge in [0.05, 0.1) is 5.60 Å². The molecule has 0 unspecified atom stereocenters. The number of rotatable bonds is 6. The number of anilines is 3. The normalized spacial score (nSPS) is 11.2. The first-order valence-corrected chi connectivity index (χ1v) is 8.36. The summed E-state index contributed by atoms with van der Waals surface area (Å²) in [6.07, 6.45) is 1.71. The lowest BCUT2D eigenvalue weighted by Crippen LogP contribution is -2.29. The van der Waals surface area contributed by atoms with E-state index in [1.54, 1.807) is 26.1 Å². The van der Waals surface area contributed by atoms with Gasteiger partial charge >= 0.3 is 0 Å². The molecule has 3 aromatic rings. The molecule has 0 aliphatic carbocycles. The molecule has 7 nitrogen and oxygen atoms in total. The average Bonchev–Trinajstić information content (AvgIpc) is 2.60. The Kier molecular flexibility index (Phi) is 5.09. The fourth-order valence-electron chi connectivity index (χ4n) is 2.26. The Labute approximate surface area is 152 Å². The second-order valence-electron chi connectivity index (χ2n) is 6.63. The molecule has 3 N–H and O–H groups in total. The Hall–Kier alpha value is -3.06. The van der Waals surface area contributed by atoms with Crippen LogP contribution in [0, 0.1) is 6.92 Å². The van der Waals surface area contributed by atoms with Crippen molar-refractivity contribution in [1.82, 2.24) is 19.9 Å². The van der Waals surface area contributed by atoms with Crippen molar-refractivity contribution in [2.75, 3.05) is 17.2 Å². The Morgan fingerprint density at radius 3 is 2.46 bits per heavy atom. The molecule has 0 fully saturated rings. The van der Waals surface area contributed by atoms with Gasteiger partial charge in [0.1, 0.15) is 23.1 Å². The highest BCUT2D eigenvalue weighted by atomic mass is 16.3. The fourth-order valence-corrected chi connectivity index (χ4v) is 2.26. The molecule has 134 valence electrons. The number of nitrogens with zero attached hydrogens (tertiary/aromatic N) is 4. The quantitative estimate of drug-likeness (QED) is 0.628. The van der Waals surface area contributed by atoms with Gasteiger partial charge in [0.15, 0.2) is 5.82 Å². The van der Waals surface area contributed by atoms with E-state index < -0.39 is 5.60 Å². The van der Waals surface area contributed by atoms with Crippen LogP contribution < -0.4 is 10.6 Å². The van der Waals surface area contributed by atoms with Crippen LogP contribution in [-0.4, -0.2) is 37.2 Å². The van der Waals surface area contributed by atoms with E-state index in [9.17, 15) is 5.11 Å². The maximum Gasteiger partial charge on any atom is 0.182 e. The molecule has 0 spiro atoms. The smallest absolute Gasteiger partial charge is 0.182 e. The number of aromatic nitrogens is 4. The number of aliphatic hydroxyl groups is 1. The van der Waals surface area contributed by atoms with Gasteiger partial charge in [-0.2, -0.15) is 0 Å². The van der Waals surface area contributed by atoms with Gasteiger partial charge in [-0.3, -0.25) is 0 Å². The van der Waals surface area contributed by atoms with Gasteiger partial charge in [0, 0.05) is 24.5 Å². The van der Waals surface area contributed by atoms with Crippen molar-refractivity contribution in [2.45, 2.75) is 26.4 Å². The summed E-state index contributed by atoms with van der Waals surface area (Å²) in [5.41, 5.74) is 0.711. The number of aryl methyl sites for hydroxylation is 1. The highest BCUT2D eigenvalue weighted by Gasteiger charge is 2.14. The monoisotopic (exact) mass is 350 g/mol. The van der Waals surface area contributed by atoms with Gasteiger partial charge in [0.2, 0.25) is 0 Å². The van der Waals surface area contributed by atoms with Gasteiger partial charge in [0.25, 0.3) is 0 Å². The second kappa shape index (κ2) is 7.45. The first kappa shape index (κ1) is 17.8. The predicted molar refractivity (Wildman–Crippen MR) is 102 cm³/mol. The summed E-state index contributed by atoms with van der Waals surface area (Å²) in [5.74, 6) is 2.37. The number of pyridine rings is 2. The van der Waals surface area contributed by atoms with E-state index in [0.717, 1.165) is 5.69 Å². The first-order chi connectivity index (χ1) is 12.4. The molecule has 3 rings (SSSR count). The largest absolute Gasteiger partial charge is 0.389 e. The molecule has 3 heterocycles. The van der Waals surface area contributed by atoms with Crippen LogP contribution in [0.5, 0.6) is 0 Å². The summed E-state index contributed by atoms with van der Waals surface area (Å²) in [4.78, 5) is 17.8. The van der Waals surface area contributed by atoms with Crippen LogP contribution in [0.4, 0.5) is 17.5 Å². The van der Waals surface area contributed by atoms with E-state index >= 15 is 0 Å². The zero-order valence-electron chi connectivity index (χ0n) is 15.1. The minimum atomic E-state index is -0.860. The van der Waals surface area contributed by atoms with Crippen molar-refractivity contribution < 1.29 is 5.11 Å². The molecule has 0 radical (unpaired) electrons. The number of nitrogens with one attached hydrogen (secondary N) is 2. The van der Waals surface area contributed by atoms with Crippen molar-refractivity contribution >= 4 is 17.5 Å². The molecule has 0 aromatic carbocycles. The lowest BCUT2D eigenvalue weighted by Gasteiger charge is -2.18. The van der Waals surface area contributed by atoms with Gasteiger partial charge < -0.3 is 15.7 Å². The summed E-state index contributed by atoms with van der Waals surface area (Å²) in [6.45, 7) is 5.75. The van der Waals surface area contributed by atoms with Crippen LogP contribution in [0.15, 0.2) is 48.7 Å². The standard InChI is InChI=1S/C19H22N6O/c1-13-7-6-8-14(22-13)18-24-16(21-12-19(2,3)26)11-17(25-18)23-15-9-4-5-10-20-15/h4-11,26H,12H2,1-3H3,(H2,20,21,23,24,25). The predicted octanol–water partition coefficient (Wildman–Crippen LogP) is 3.17. The molecule has 0 aliphatic rings. The van der Waals surface area contributed by atoms with E-state index in [-0.39, 0.29) is 0 Å². The number of hydrogen-bond acceptors (Lipinski definition) is 7. The van der Waals surface area contributed by atoms with Crippen molar-refractivity contribution in [1.29, 1.82) is 0 Å². The molecular formula is C19H22N6O. The van der Waals surface area contributed by atoms with Crippen LogP contribution in [0.2, 0.25) is 0 Å². The zero-order valence-corrected chi connectivity index (χ0v) is 15.1. The molecule has 0 bridgehead atoms. The topological polar surface area (TPSA) is 95.9 Å². The zero-order chi connectivity index (χ0) is 18.6. The lowest BCUT2D eigenvalue weighted by molar-refractivity contribution is 0.0944. The molecule has 0 atom stereocenters. The Bertz CT molecular complexity index is 877. The maximum atomic E-state index is 9.96. The van der Waals surface area contributed by atoms with Gasteiger partial charge in [-0.1, -0.05) is 12.1 Å². The first-order valence-electron chi connectivity index (χ1n) is 8.36. The number of hydrogen-bond donors (Lipinski definition) is 3. The molecule has 3 aromatic heterocycles. The Morgan fingerprint density at radius 1 is 0.962 bits per heavy atom. The molecule has 0 amide bonds. The average molecular weight is 350 g/mol. The molecule has 26 heavy (non-hydrogen) atoms. The summed E-state index contributed by atoms with van der Waals surface area (Å²) < 4.78 is 0. The SMILES string of the molecule is Cc1cccc(-c2nc(NCC(C)(C)O)cc(Nc3ccccn3)n2)n1. The summed E-state index contributed by atoms with van der Waals surface area (Å²) in [7, 11) is 0. The Balaban J connectivity index is 1.96. The Morgan fingerprint density at radius 2 is 1.77 bits per heavy atom. The summed E-state index contributed by atoms with van der Waals surface area (Å²) in [5, 5.41) is 16.3. The summed E-state index contributed by atoms with van der Waals surface area (Å²) >= 11 is 0. The molecule has 0 saturated heterocycles. The second-order valence-corrected chi connectivity index (χ2v) is 6.63.